The molecule has 0 N–H and O–H groups in total. The molecule has 3 nitrogen and oxygen atoms in total. The second-order valence-corrected chi connectivity index (χ2v) is 2.88. The Bertz CT molecular complexity index is 424. The molecule has 0 aliphatic carbocycles. The zero-order valence-electron chi connectivity index (χ0n) is 8.16. The number of aryl methyl sites for hydroxylation is 1. The van der Waals surface area contributed by atoms with Crippen molar-refractivity contribution in [1.82, 2.24) is 0 Å². The first-order valence-corrected chi connectivity index (χ1v) is 4.18. The molecule has 0 atom stereocenters. The number of hydrogen-bond donors (Lipinski definition) is 0. The molecule has 3 heteroatoms. The van der Waals surface area contributed by atoms with Gasteiger partial charge in [-0.1, -0.05) is 6.07 Å². The van der Waals surface area contributed by atoms with Crippen LogP contribution in [0.5, 0.6) is 5.75 Å². The summed E-state index contributed by atoms with van der Waals surface area (Å²) in [5, 5.41) is 17.6. The van der Waals surface area contributed by atoms with Crippen LogP contribution in [0.1, 0.15) is 16.7 Å². The molecule has 0 fully saturated rings. The van der Waals surface area contributed by atoms with Gasteiger partial charge in [0.05, 0.1) is 25.2 Å². The minimum Gasteiger partial charge on any atom is -0.495 e. The molecule has 0 heterocycles. The quantitative estimate of drug-likeness (QED) is 0.709. The maximum Gasteiger partial charge on any atom is 0.136 e. The summed E-state index contributed by atoms with van der Waals surface area (Å²) in [5.74, 6) is 0.531. The highest BCUT2D eigenvalue weighted by Crippen LogP contribution is 2.24. The molecule has 70 valence electrons. The Morgan fingerprint density at radius 3 is 2.57 bits per heavy atom. The van der Waals surface area contributed by atoms with Crippen LogP contribution in [-0.2, 0) is 6.42 Å². The third-order valence-electron chi connectivity index (χ3n) is 2.10. The van der Waals surface area contributed by atoms with Gasteiger partial charge in [-0.25, -0.2) is 0 Å². The topological polar surface area (TPSA) is 56.8 Å². The third-order valence-corrected chi connectivity index (χ3v) is 2.10. The SMILES string of the molecule is COc1ccc(C)c(CC#N)c1C#N. The highest BCUT2D eigenvalue weighted by atomic mass is 16.5. The first kappa shape index (κ1) is 10.1. The first-order valence-electron chi connectivity index (χ1n) is 4.18. The Labute approximate surface area is 83.2 Å². The van der Waals surface area contributed by atoms with E-state index in [9.17, 15) is 0 Å². The van der Waals surface area contributed by atoms with Gasteiger partial charge in [0.15, 0.2) is 0 Å². The van der Waals surface area contributed by atoms with Crippen molar-refractivity contribution in [3.05, 3.63) is 28.8 Å². The van der Waals surface area contributed by atoms with Crippen LogP contribution in [0, 0.1) is 29.6 Å². The molecular formula is C11H10N2O. The van der Waals surface area contributed by atoms with Gasteiger partial charge < -0.3 is 4.74 Å². The van der Waals surface area contributed by atoms with E-state index >= 15 is 0 Å². The van der Waals surface area contributed by atoms with E-state index in [0.29, 0.717) is 11.3 Å². The number of hydrogen-bond acceptors (Lipinski definition) is 3. The number of nitriles is 2. The van der Waals surface area contributed by atoms with E-state index in [2.05, 4.69) is 6.07 Å². The van der Waals surface area contributed by atoms with Crippen LogP contribution < -0.4 is 4.74 Å². The van der Waals surface area contributed by atoms with Gasteiger partial charge in [-0.2, -0.15) is 10.5 Å². The molecule has 0 aliphatic heterocycles. The van der Waals surface area contributed by atoms with Crippen LogP contribution >= 0.6 is 0 Å². The number of benzene rings is 1. The first-order chi connectivity index (χ1) is 6.74. The largest absolute Gasteiger partial charge is 0.495 e. The lowest BCUT2D eigenvalue weighted by Gasteiger charge is -2.08. The fourth-order valence-corrected chi connectivity index (χ4v) is 1.33. The summed E-state index contributed by atoms with van der Waals surface area (Å²) in [5.41, 5.74) is 2.17. The number of rotatable bonds is 2. The molecule has 0 amide bonds. The molecule has 1 rings (SSSR count). The number of methoxy groups -OCH3 is 1. The van der Waals surface area contributed by atoms with Crippen molar-refractivity contribution < 1.29 is 4.74 Å². The average molecular weight is 186 g/mol. The Morgan fingerprint density at radius 2 is 2.07 bits per heavy atom. The predicted molar refractivity (Wildman–Crippen MR) is 51.8 cm³/mol. The predicted octanol–water partition coefficient (Wildman–Crippen LogP) is 1.94. The molecule has 0 saturated carbocycles. The van der Waals surface area contributed by atoms with E-state index in [-0.39, 0.29) is 6.42 Å². The molecule has 0 bridgehead atoms. The molecule has 0 spiro atoms. The number of ether oxygens (including phenoxy) is 1. The molecule has 0 aromatic heterocycles. The molecular weight excluding hydrogens is 176 g/mol. The molecule has 0 saturated heterocycles. The summed E-state index contributed by atoms with van der Waals surface area (Å²) in [6, 6.07) is 7.71. The zero-order chi connectivity index (χ0) is 10.6. The molecule has 14 heavy (non-hydrogen) atoms. The standard InChI is InChI=1S/C11H10N2O/c1-8-3-4-11(14-2)10(7-13)9(8)5-6-12/h3-4H,5H2,1-2H3. The van der Waals surface area contributed by atoms with E-state index in [1.165, 1.54) is 7.11 Å². The van der Waals surface area contributed by atoms with Gasteiger partial charge >= 0.3 is 0 Å². The van der Waals surface area contributed by atoms with Gasteiger partial charge in [0.2, 0.25) is 0 Å². The van der Waals surface area contributed by atoms with E-state index in [1.807, 2.05) is 19.1 Å². The fourth-order valence-electron chi connectivity index (χ4n) is 1.33. The molecule has 1 aromatic rings. The Hall–Kier alpha value is -2.00. The van der Waals surface area contributed by atoms with Crippen molar-refractivity contribution in [2.75, 3.05) is 7.11 Å². The normalized spacial score (nSPS) is 8.86. The highest BCUT2D eigenvalue weighted by molar-refractivity contribution is 5.52. The van der Waals surface area contributed by atoms with Crippen LogP contribution in [0.2, 0.25) is 0 Å². The van der Waals surface area contributed by atoms with Gasteiger partial charge in [-0.05, 0) is 24.1 Å². The lowest BCUT2D eigenvalue weighted by molar-refractivity contribution is 0.413. The van der Waals surface area contributed by atoms with E-state index in [0.717, 1.165) is 11.1 Å². The van der Waals surface area contributed by atoms with Crippen LogP contribution in [0.4, 0.5) is 0 Å². The van der Waals surface area contributed by atoms with Crippen molar-refractivity contribution in [2.45, 2.75) is 13.3 Å². The van der Waals surface area contributed by atoms with Gasteiger partial charge in [-0.3, -0.25) is 0 Å². The van der Waals surface area contributed by atoms with E-state index in [4.69, 9.17) is 15.3 Å². The smallest absolute Gasteiger partial charge is 0.136 e. The van der Waals surface area contributed by atoms with E-state index < -0.39 is 0 Å². The van der Waals surface area contributed by atoms with Crippen molar-refractivity contribution in [2.24, 2.45) is 0 Å². The van der Waals surface area contributed by atoms with Gasteiger partial charge in [0, 0.05) is 0 Å². The van der Waals surface area contributed by atoms with Crippen molar-refractivity contribution >= 4 is 0 Å². The maximum atomic E-state index is 8.94. The third kappa shape index (κ3) is 1.67. The van der Waals surface area contributed by atoms with Crippen molar-refractivity contribution in [3.8, 4) is 17.9 Å². The summed E-state index contributed by atoms with van der Waals surface area (Å²) in [6.07, 6.45) is 0.242. The highest BCUT2D eigenvalue weighted by Gasteiger charge is 2.10. The van der Waals surface area contributed by atoms with Gasteiger partial charge in [0.25, 0.3) is 0 Å². The monoisotopic (exact) mass is 186 g/mol. The minimum absolute atomic E-state index is 0.242. The Balaban J connectivity index is 3.38. The minimum atomic E-state index is 0.242. The second-order valence-electron chi connectivity index (χ2n) is 2.88. The summed E-state index contributed by atoms with van der Waals surface area (Å²) in [4.78, 5) is 0. The molecule has 0 aliphatic rings. The lowest BCUT2D eigenvalue weighted by atomic mass is 9.99. The summed E-state index contributed by atoms with van der Waals surface area (Å²) >= 11 is 0. The van der Waals surface area contributed by atoms with Crippen LogP contribution in [0.25, 0.3) is 0 Å². The average Bonchev–Trinajstić information content (AvgIpc) is 2.21. The van der Waals surface area contributed by atoms with Crippen molar-refractivity contribution in [1.29, 1.82) is 10.5 Å². The second kappa shape index (κ2) is 4.30. The fraction of sp³-hybridized carbons (Fsp3) is 0.273. The zero-order valence-corrected chi connectivity index (χ0v) is 8.16. The van der Waals surface area contributed by atoms with Crippen LogP contribution in [0.3, 0.4) is 0 Å². The molecule has 0 radical (unpaired) electrons. The number of nitrogens with zero attached hydrogens (tertiary/aromatic N) is 2. The Morgan fingerprint density at radius 1 is 1.36 bits per heavy atom. The molecule has 0 unspecified atom stereocenters. The van der Waals surface area contributed by atoms with Gasteiger partial charge in [0.1, 0.15) is 11.8 Å². The Kier molecular flexibility index (Phi) is 3.09. The summed E-state index contributed by atoms with van der Waals surface area (Å²) in [6.45, 7) is 1.88. The van der Waals surface area contributed by atoms with E-state index in [1.54, 1.807) is 6.07 Å². The van der Waals surface area contributed by atoms with Crippen LogP contribution in [-0.4, -0.2) is 7.11 Å². The summed E-state index contributed by atoms with van der Waals surface area (Å²) in [7, 11) is 1.52. The lowest BCUT2D eigenvalue weighted by Crippen LogP contribution is -1.97. The maximum absolute atomic E-state index is 8.94. The molecule has 1 aromatic carbocycles. The van der Waals surface area contributed by atoms with Gasteiger partial charge in [-0.15, -0.1) is 0 Å². The van der Waals surface area contributed by atoms with Crippen LogP contribution in [0.15, 0.2) is 12.1 Å². The van der Waals surface area contributed by atoms with Crippen molar-refractivity contribution in [3.63, 3.8) is 0 Å². The summed E-state index contributed by atoms with van der Waals surface area (Å²) < 4.78 is 5.05.